The summed E-state index contributed by atoms with van der Waals surface area (Å²) in [6, 6.07) is 44.6. The van der Waals surface area contributed by atoms with E-state index < -0.39 is 0 Å². The fourth-order valence-electron chi connectivity index (χ4n) is 5.93. The molecule has 4 aromatic carbocycles. The molecule has 7 rings (SSSR count). The molecule has 0 saturated heterocycles. The number of benzene rings is 4. The fraction of sp³-hybridized carbons (Fsp3) is 0.171. The molecule has 0 unspecified atom stereocenters. The van der Waals surface area contributed by atoms with Gasteiger partial charge in [0.15, 0.2) is 0 Å². The van der Waals surface area contributed by atoms with Crippen LogP contribution < -0.4 is 4.74 Å². The molecule has 0 aliphatic rings. The topological polar surface area (TPSA) is 39.9 Å². The van der Waals surface area contributed by atoms with Crippen molar-refractivity contribution in [2.24, 2.45) is 0 Å². The predicted octanol–water partition coefficient (Wildman–Crippen LogP) is 10.3. The summed E-state index contributed by atoms with van der Waals surface area (Å²) in [6.45, 7) is 11.1. The molecule has 46 heavy (non-hydrogen) atoms. The standard InChI is InChI=1S/C41H35N3O.Pt/c1-40(2,3)31-23-28(36-16-11-12-21-42-36)24-33(25-31)45-32-18-19-35-34-15-9-10-17-37(34)44(38(35)27-32)39-26-30(20-22-43-39)41(4,5)29-13-7-6-8-14-29;/h6-23,25-26H,1-5H3;/q-2;+2. The second kappa shape index (κ2) is 12.3. The molecule has 0 aliphatic heterocycles. The molecule has 5 heteroatoms. The molecule has 0 amide bonds. The van der Waals surface area contributed by atoms with Crippen molar-refractivity contribution in [2.75, 3.05) is 0 Å². The Morgan fingerprint density at radius 2 is 1.37 bits per heavy atom. The molecule has 0 radical (unpaired) electrons. The molecule has 0 fully saturated rings. The molecule has 230 valence electrons. The van der Waals surface area contributed by atoms with E-state index >= 15 is 0 Å². The van der Waals surface area contributed by atoms with Crippen molar-refractivity contribution in [1.29, 1.82) is 0 Å². The van der Waals surface area contributed by atoms with Crippen molar-refractivity contribution in [3.63, 3.8) is 0 Å². The number of pyridine rings is 2. The van der Waals surface area contributed by atoms with Gasteiger partial charge < -0.3 is 14.3 Å². The van der Waals surface area contributed by atoms with Crippen LogP contribution in [0, 0.1) is 12.1 Å². The van der Waals surface area contributed by atoms with Gasteiger partial charge in [-0.2, -0.15) is 6.07 Å². The molecule has 0 N–H and O–H groups in total. The predicted molar refractivity (Wildman–Crippen MR) is 183 cm³/mol. The number of hydrogen-bond donors (Lipinski definition) is 0. The van der Waals surface area contributed by atoms with Crippen molar-refractivity contribution >= 4 is 21.8 Å². The first kappa shape index (κ1) is 31.5. The largest absolute Gasteiger partial charge is 2.00 e. The van der Waals surface area contributed by atoms with E-state index in [-0.39, 0.29) is 31.9 Å². The minimum atomic E-state index is -0.199. The molecule has 7 aromatic rings. The summed E-state index contributed by atoms with van der Waals surface area (Å²) in [7, 11) is 0. The summed E-state index contributed by atoms with van der Waals surface area (Å²) in [6.07, 6.45) is 3.71. The number of hydrogen-bond acceptors (Lipinski definition) is 3. The second-order valence-electron chi connectivity index (χ2n) is 13.0. The SMILES string of the molecule is CC(C)(C)c1cc(Oc2[c-]c3c(cc2)c2ccccc2n3-c2cc(C(C)(C)c3ccccc3)ccn2)[c-]c(-c2ccccn2)c1.[Pt+2]. The first-order valence-corrected chi connectivity index (χ1v) is 15.3. The van der Waals surface area contributed by atoms with Gasteiger partial charge in [0.05, 0.1) is 0 Å². The third-order valence-electron chi connectivity index (χ3n) is 8.62. The van der Waals surface area contributed by atoms with E-state index in [4.69, 9.17) is 9.72 Å². The van der Waals surface area contributed by atoms with Crippen LogP contribution in [0.25, 0.3) is 38.9 Å². The Kier molecular flexibility index (Phi) is 8.44. The third kappa shape index (κ3) is 5.90. The van der Waals surface area contributed by atoms with Gasteiger partial charge in [0.25, 0.3) is 0 Å². The fourth-order valence-corrected chi connectivity index (χ4v) is 5.93. The van der Waals surface area contributed by atoms with Gasteiger partial charge in [0.1, 0.15) is 5.82 Å². The molecular weight excluding hydrogens is 746 g/mol. The molecule has 0 aliphatic carbocycles. The molecule has 3 heterocycles. The van der Waals surface area contributed by atoms with Crippen LogP contribution in [-0.4, -0.2) is 14.5 Å². The smallest absolute Gasteiger partial charge is 0.503 e. The van der Waals surface area contributed by atoms with Crippen LogP contribution in [0.5, 0.6) is 11.5 Å². The number of rotatable bonds is 6. The summed E-state index contributed by atoms with van der Waals surface area (Å²) in [5, 5.41) is 2.23. The number of nitrogens with zero attached hydrogens (tertiary/aromatic N) is 3. The molecule has 3 aromatic heterocycles. The Morgan fingerprint density at radius 1 is 0.609 bits per heavy atom. The third-order valence-corrected chi connectivity index (χ3v) is 8.62. The molecule has 0 atom stereocenters. The van der Waals surface area contributed by atoms with Gasteiger partial charge in [0, 0.05) is 34.8 Å². The number of para-hydroxylation sites is 1. The van der Waals surface area contributed by atoms with Crippen molar-refractivity contribution in [3.8, 4) is 28.6 Å². The van der Waals surface area contributed by atoms with Gasteiger partial charge in [-0.15, -0.1) is 34.7 Å². The number of ether oxygens (including phenoxy) is 1. The zero-order valence-electron chi connectivity index (χ0n) is 26.6. The zero-order chi connectivity index (χ0) is 31.2. The monoisotopic (exact) mass is 780 g/mol. The van der Waals surface area contributed by atoms with Crippen LogP contribution in [0.1, 0.15) is 51.3 Å². The average Bonchev–Trinajstić information content (AvgIpc) is 3.38. The van der Waals surface area contributed by atoms with Crippen LogP contribution in [0.15, 0.2) is 122 Å². The maximum absolute atomic E-state index is 6.53. The zero-order valence-corrected chi connectivity index (χ0v) is 28.9. The van der Waals surface area contributed by atoms with Crippen molar-refractivity contribution in [2.45, 2.75) is 45.4 Å². The second-order valence-corrected chi connectivity index (χ2v) is 13.0. The maximum atomic E-state index is 6.53. The summed E-state index contributed by atoms with van der Waals surface area (Å²) in [4.78, 5) is 9.45. The van der Waals surface area contributed by atoms with Crippen LogP contribution in [0.3, 0.4) is 0 Å². The Labute approximate surface area is 285 Å². The Bertz CT molecular complexity index is 2140. The van der Waals surface area contributed by atoms with Gasteiger partial charge in [-0.05, 0) is 51.9 Å². The summed E-state index contributed by atoms with van der Waals surface area (Å²) in [5.74, 6) is 2.09. The maximum Gasteiger partial charge on any atom is 2.00 e. The van der Waals surface area contributed by atoms with Crippen LogP contribution in [0.4, 0.5) is 0 Å². The van der Waals surface area contributed by atoms with Gasteiger partial charge in [-0.25, -0.2) is 4.98 Å². The number of fused-ring (bicyclic) bond motifs is 3. The normalized spacial score (nSPS) is 11.8. The van der Waals surface area contributed by atoms with Crippen molar-refractivity contribution in [1.82, 2.24) is 14.5 Å². The van der Waals surface area contributed by atoms with Crippen LogP contribution >= 0.6 is 0 Å². The van der Waals surface area contributed by atoms with Crippen molar-refractivity contribution < 1.29 is 25.8 Å². The van der Waals surface area contributed by atoms with Gasteiger partial charge >= 0.3 is 21.1 Å². The van der Waals surface area contributed by atoms with E-state index in [1.165, 1.54) is 11.1 Å². The Morgan fingerprint density at radius 3 is 2.13 bits per heavy atom. The van der Waals surface area contributed by atoms with Crippen LogP contribution in [0.2, 0.25) is 0 Å². The van der Waals surface area contributed by atoms with E-state index in [0.717, 1.165) is 44.4 Å². The molecule has 0 saturated carbocycles. The summed E-state index contributed by atoms with van der Waals surface area (Å²) in [5.41, 5.74) is 7.05. The van der Waals surface area contributed by atoms with E-state index in [9.17, 15) is 0 Å². The van der Waals surface area contributed by atoms with E-state index in [2.05, 4.69) is 141 Å². The minimum Gasteiger partial charge on any atom is -0.503 e. The van der Waals surface area contributed by atoms with Gasteiger partial charge in [-0.1, -0.05) is 113 Å². The summed E-state index contributed by atoms with van der Waals surface area (Å²) >= 11 is 0. The minimum absolute atomic E-state index is 0. The molecule has 0 bridgehead atoms. The van der Waals surface area contributed by atoms with Crippen molar-refractivity contribution in [3.05, 3.63) is 150 Å². The first-order valence-electron chi connectivity index (χ1n) is 15.3. The molecule has 0 spiro atoms. The average molecular weight is 781 g/mol. The summed E-state index contributed by atoms with van der Waals surface area (Å²) < 4.78 is 8.73. The van der Waals surface area contributed by atoms with Gasteiger partial charge in [-0.3, -0.25) is 0 Å². The van der Waals surface area contributed by atoms with E-state index in [1.54, 1.807) is 6.20 Å². The Balaban J connectivity index is 0.00000372. The van der Waals surface area contributed by atoms with E-state index in [1.807, 2.05) is 30.5 Å². The number of aromatic nitrogens is 3. The Hall–Kier alpha value is -4.53. The molecular formula is C41H35N3OPt. The van der Waals surface area contributed by atoms with E-state index in [0.29, 0.717) is 11.5 Å². The van der Waals surface area contributed by atoms with Gasteiger partial charge in [0.2, 0.25) is 0 Å². The molecule has 4 nitrogen and oxygen atoms in total. The first-order chi connectivity index (χ1) is 21.7. The quantitative estimate of drug-likeness (QED) is 0.158. The van der Waals surface area contributed by atoms with Crippen LogP contribution in [-0.2, 0) is 31.9 Å².